The molecule has 0 radical (unpaired) electrons. The topological polar surface area (TPSA) is 76.0 Å². The third kappa shape index (κ3) is 3.55. The molecule has 1 aliphatic rings. The Balaban J connectivity index is 1.58. The molecule has 8 heteroatoms. The summed E-state index contributed by atoms with van der Waals surface area (Å²) in [4.78, 5) is 14.5. The molecule has 1 aromatic carbocycles. The van der Waals surface area contributed by atoms with Crippen molar-refractivity contribution in [3.05, 3.63) is 52.9 Å². The van der Waals surface area contributed by atoms with Crippen LogP contribution in [0.3, 0.4) is 0 Å². The number of hydrogen-bond acceptors (Lipinski definition) is 4. The number of amides is 1. The van der Waals surface area contributed by atoms with Gasteiger partial charge >= 0.3 is 0 Å². The van der Waals surface area contributed by atoms with Gasteiger partial charge in [0.05, 0.1) is 17.8 Å². The molecule has 0 saturated carbocycles. The van der Waals surface area contributed by atoms with Crippen molar-refractivity contribution < 1.29 is 9.53 Å². The molecule has 0 unspecified atom stereocenters. The highest BCUT2D eigenvalue weighted by molar-refractivity contribution is 6.30. The maximum Gasteiger partial charge on any atom is 0.244 e. The average molecular weight is 386 g/mol. The van der Waals surface area contributed by atoms with Crippen molar-refractivity contribution in [3.8, 4) is 17.0 Å². The molecular weight excluding hydrogens is 366 g/mol. The second-order valence-corrected chi connectivity index (χ2v) is 6.82. The quantitative estimate of drug-likeness (QED) is 0.732. The lowest BCUT2D eigenvalue weighted by Gasteiger charge is -2.27. The molecule has 1 aliphatic heterocycles. The number of aromatic nitrogens is 4. The first kappa shape index (κ1) is 17.6. The van der Waals surface area contributed by atoms with Crippen molar-refractivity contribution in [2.75, 3.05) is 13.2 Å². The molecule has 1 N–H and O–H groups in total. The van der Waals surface area contributed by atoms with Gasteiger partial charge in [-0.1, -0.05) is 23.7 Å². The molecule has 3 aromatic rings. The monoisotopic (exact) mass is 385 g/mol. The Bertz CT molecular complexity index is 965. The predicted molar refractivity (Wildman–Crippen MR) is 102 cm³/mol. The average Bonchev–Trinajstić information content (AvgIpc) is 3.28. The molecule has 0 spiro atoms. The number of benzene rings is 1. The van der Waals surface area contributed by atoms with E-state index in [9.17, 15) is 4.79 Å². The molecule has 0 atom stereocenters. The van der Waals surface area contributed by atoms with Crippen molar-refractivity contribution in [1.82, 2.24) is 24.9 Å². The molecule has 4 rings (SSSR count). The highest BCUT2D eigenvalue weighted by atomic mass is 35.5. The van der Waals surface area contributed by atoms with Crippen LogP contribution in [-0.4, -0.2) is 43.9 Å². The van der Waals surface area contributed by atoms with E-state index in [1.54, 1.807) is 10.9 Å². The fraction of sp³-hybridized carbons (Fsp3) is 0.316. The summed E-state index contributed by atoms with van der Waals surface area (Å²) in [5.74, 6) is 0.801. The van der Waals surface area contributed by atoms with Gasteiger partial charge in [-0.25, -0.2) is 0 Å². The number of H-pyrrole nitrogens is 1. The van der Waals surface area contributed by atoms with Crippen LogP contribution in [0.2, 0.25) is 5.02 Å². The van der Waals surface area contributed by atoms with Crippen LogP contribution in [0, 0.1) is 0 Å². The summed E-state index contributed by atoms with van der Waals surface area (Å²) in [5, 5.41) is 12.2. The smallest absolute Gasteiger partial charge is 0.244 e. The molecule has 2 aromatic heterocycles. The summed E-state index contributed by atoms with van der Waals surface area (Å²) in [6.07, 6.45) is 3.92. The van der Waals surface area contributed by atoms with Gasteiger partial charge in [0.25, 0.3) is 0 Å². The molecule has 140 valence electrons. The van der Waals surface area contributed by atoms with Gasteiger partial charge in [-0.3, -0.25) is 14.6 Å². The molecule has 0 bridgehead atoms. The van der Waals surface area contributed by atoms with Crippen molar-refractivity contribution >= 4 is 17.5 Å². The van der Waals surface area contributed by atoms with Crippen molar-refractivity contribution in [1.29, 1.82) is 0 Å². The van der Waals surface area contributed by atoms with Gasteiger partial charge < -0.3 is 9.64 Å². The molecule has 0 fully saturated rings. The van der Waals surface area contributed by atoms with Crippen LogP contribution in [0.1, 0.15) is 18.2 Å². The third-order valence-electron chi connectivity index (χ3n) is 4.63. The van der Waals surface area contributed by atoms with Crippen LogP contribution in [0.5, 0.6) is 5.75 Å². The van der Waals surface area contributed by atoms with Crippen molar-refractivity contribution in [2.24, 2.45) is 0 Å². The lowest BCUT2D eigenvalue weighted by atomic mass is 10.0. The number of aromatic amines is 1. The zero-order valence-electron chi connectivity index (χ0n) is 15.0. The first-order valence-corrected chi connectivity index (χ1v) is 9.27. The van der Waals surface area contributed by atoms with Crippen molar-refractivity contribution in [2.45, 2.75) is 26.4 Å². The Morgan fingerprint density at radius 1 is 1.37 bits per heavy atom. The fourth-order valence-electron chi connectivity index (χ4n) is 3.34. The SMILES string of the molecule is CCOc1ccccc1-c1n[nH]c2c1CN(C(=O)Cn1cc(Cl)cn1)CC2. The molecular formula is C19H20ClN5O2. The first-order valence-electron chi connectivity index (χ1n) is 8.89. The van der Waals surface area contributed by atoms with Crippen molar-refractivity contribution in [3.63, 3.8) is 0 Å². The van der Waals surface area contributed by atoms with Gasteiger partial charge in [0.1, 0.15) is 18.0 Å². The highest BCUT2D eigenvalue weighted by Crippen LogP contribution is 2.34. The largest absolute Gasteiger partial charge is 0.493 e. The van der Waals surface area contributed by atoms with Gasteiger partial charge in [0.2, 0.25) is 5.91 Å². The van der Waals surface area contributed by atoms with E-state index in [-0.39, 0.29) is 12.5 Å². The molecule has 3 heterocycles. The summed E-state index contributed by atoms with van der Waals surface area (Å²) in [6.45, 7) is 3.87. The van der Waals surface area contributed by atoms with E-state index in [4.69, 9.17) is 16.3 Å². The first-order chi connectivity index (χ1) is 13.2. The minimum Gasteiger partial charge on any atom is -0.493 e. The number of halogens is 1. The van der Waals surface area contributed by atoms with Crippen LogP contribution < -0.4 is 4.74 Å². The lowest BCUT2D eigenvalue weighted by molar-refractivity contribution is -0.132. The minimum absolute atomic E-state index is 0.00524. The Hall–Kier alpha value is -2.80. The number of fused-ring (bicyclic) bond motifs is 1. The van der Waals surface area contributed by atoms with Gasteiger partial charge in [0, 0.05) is 42.5 Å². The normalized spacial score (nSPS) is 13.5. The maximum atomic E-state index is 12.7. The molecule has 0 saturated heterocycles. The van der Waals surface area contributed by atoms with E-state index >= 15 is 0 Å². The van der Waals surface area contributed by atoms with Crippen LogP contribution in [-0.2, 0) is 24.3 Å². The van der Waals surface area contributed by atoms with E-state index in [1.165, 1.54) is 6.20 Å². The Morgan fingerprint density at radius 3 is 3.00 bits per heavy atom. The van der Waals surface area contributed by atoms with Gasteiger partial charge in [-0.2, -0.15) is 10.2 Å². The van der Waals surface area contributed by atoms with Gasteiger partial charge in [-0.15, -0.1) is 0 Å². The second kappa shape index (κ2) is 7.44. The van der Waals surface area contributed by atoms with E-state index < -0.39 is 0 Å². The Kier molecular flexibility index (Phi) is 4.85. The number of nitrogens with zero attached hydrogens (tertiary/aromatic N) is 4. The van der Waals surface area contributed by atoms with Crippen LogP contribution >= 0.6 is 11.6 Å². The Labute approximate surface area is 161 Å². The summed E-state index contributed by atoms with van der Waals surface area (Å²) in [6, 6.07) is 7.84. The van der Waals surface area contributed by atoms with Crippen LogP contribution in [0.25, 0.3) is 11.3 Å². The van der Waals surface area contributed by atoms with Gasteiger partial charge in [0.15, 0.2) is 0 Å². The van der Waals surface area contributed by atoms with Gasteiger partial charge in [-0.05, 0) is 19.1 Å². The summed E-state index contributed by atoms with van der Waals surface area (Å²) in [7, 11) is 0. The number of hydrogen-bond donors (Lipinski definition) is 1. The number of nitrogens with one attached hydrogen (secondary N) is 1. The third-order valence-corrected chi connectivity index (χ3v) is 4.82. The number of ether oxygens (including phenoxy) is 1. The van der Waals surface area contributed by atoms with E-state index in [0.717, 1.165) is 34.7 Å². The highest BCUT2D eigenvalue weighted by Gasteiger charge is 2.27. The number of para-hydroxylation sites is 1. The number of rotatable bonds is 5. The summed E-state index contributed by atoms with van der Waals surface area (Å²) < 4.78 is 7.31. The zero-order valence-corrected chi connectivity index (χ0v) is 15.7. The zero-order chi connectivity index (χ0) is 18.8. The Morgan fingerprint density at radius 2 is 2.22 bits per heavy atom. The minimum atomic E-state index is 0.00524. The molecule has 0 aliphatic carbocycles. The van der Waals surface area contributed by atoms with E-state index in [0.29, 0.717) is 24.7 Å². The summed E-state index contributed by atoms with van der Waals surface area (Å²) >= 11 is 5.88. The maximum absolute atomic E-state index is 12.7. The van der Waals surface area contributed by atoms with E-state index in [1.807, 2.05) is 36.1 Å². The summed E-state index contributed by atoms with van der Waals surface area (Å²) in [5.41, 5.74) is 3.89. The number of carbonyl (C=O) groups excluding carboxylic acids is 1. The standard InChI is InChI=1S/C19H20ClN5O2/c1-2-27-17-6-4-3-5-14(17)19-15-11-24(8-7-16(15)22-23-19)18(26)12-25-10-13(20)9-21-25/h3-6,9-10H,2,7-8,11-12H2,1H3,(H,22,23). The van der Waals surface area contributed by atoms with Crippen LogP contribution in [0.15, 0.2) is 36.7 Å². The second-order valence-electron chi connectivity index (χ2n) is 6.38. The predicted octanol–water partition coefficient (Wildman–Crippen LogP) is 2.91. The van der Waals surface area contributed by atoms with Crippen LogP contribution in [0.4, 0.5) is 0 Å². The number of carbonyl (C=O) groups is 1. The molecule has 27 heavy (non-hydrogen) atoms. The molecule has 1 amide bonds. The van der Waals surface area contributed by atoms with E-state index in [2.05, 4.69) is 15.3 Å². The lowest BCUT2D eigenvalue weighted by Crippen LogP contribution is -2.38. The molecule has 7 nitrogen and oxygen atoms in total. The fourth-order valence-corrected chi connectivity index (χ4v) is 3.49.